The van der Waals surface area contributed by atoms with Gasteiger partial charge in [0.15, 0.2) is 0 Å². The summed E-state index contributed by atoms with van der Waals surface area (Å²) in [6.07, 6.45) is 1.88. The third-order valence-corrected chi connectivity index (χ3v) is 11.0. The van der Waals surface area contributed by atoms with Crippen LogP contribution in [0.3, 0.4) is 0 Å². The van der Waals surface area contributed by atoms with Crippen molar-refractivity contribution >= 4 is 25.3 Å². The maximum absolute atomic E-state index is 13.2. The average Bonchev–Trinajstić information content (AvgIpc) is 2.91. The molecule has 1 unspecified atom stereocenters. The van der Waals surface area contributed by atoms with Gasteiger partial charge in [-0.2, -0.15) is 4.57 Å². The molecular formula is C27H33N2O7PS. The maximum atomic E-state index is 13.2. The van der Waals surface area contributed by atoms with Gasteiger partial charge in [-0.1, -0.05) is 62.4 Å². The number of carbonyl (C=O) groups excluding carboxylic acids is 1. The largest absolute Gasteiger partial charge is 0.376 e. The van der Waals surface area contributed by atoms with Crippen LogP contribution in [0.4, 0.5) is 0 Å². The summed E-state index contributed by atoms with van der Waals surface area (Å²) < 4.78 is 18.9. The molecule has 0 saturated carbocycles. The van der Waals surface area contributed by atoms with Crippen molar-refractivity contribution in [2.24, 2.45) is 5.92 Å². The second-order valence-corrected chi connectivity index (χ2v) is 12.6. The van der Waals surface area contributed by atoms with Crippen LogP contribution >= 0.6 is 19.4 Å². The summed E-state index contributed by atoms with van der Waals surface area (Å²) in [5.41, 5.74) is -0.342. The van der Waals surface area contributed by atoms with Crippen molar-refractivity contribution in [3.05, 3.63) is 105 Å². The highest BCUT2D eigenvalue weighted by Gasteiger charge is 2.44. The van der Waals surface area contributed by atoms with Gasteiger partial charge in [0.1, 0.15) is 4.49 Å². The third kappa shape index (κ3) is 7.21. The van der Waals surface area contributed by atoms with Crippen molar-refractivity contribution in [3.63, 3.8) is 0 Å². The number of ether oxygens (including phenoxy) is 1. The predicted molar refractivity (Wildman–Crippen MR) is 149 cm³/mol. The molecule has 0 amide bonds. The second kappa shape index (κ2) is 13.4. The number of benzene rings is 2. The van der Waals surface area contributed by atoms with Crippen LogP contribution < -0.4 is 11.2 Å². The van der Waals surface area contributed by atoms with Crippen LogP contribution in [-0.4, -0.2) is 41.7 Å². The molecule has 2 aromatic carbocycles. The van der Waals surface area contributed by atoms with Crippen LogP contribution in [0.1, 0.15) is 42.6 Å². The first-order chi connectivity index (χ1) is 18.1. The molecule has 11 heteroatoms. The van der Waals surface area contributed by atoms with E-state index >= 15 is 0 Å². The lowest BCUT2D eigenvalue weighted by Gasteiger charge is -2.33. The van der Waals surface area contributed by atoms with Gasteiger partial charge < -0.3 is 14.5 Å². The fraction of sp³-hybridized carbons (Fsp3) is 0.370. The number of rotatable bonds is 13. The van der Waals surface area contributed by atoms with Crippen molar-refractivity contribution in [2.45, 2.75) is 44.3 Å². The Morgan fingerprint density at radius 2 is 1.61 bits per heavy atom. The van der Waals surface area contributed by atoms with E-state index in [-0.39, 0.29) is 37.5 Å². The van der Waals surface area contributed by atoms with Crippen LogP contribution in [0.15, 0.2) is 82.5 Å². The number of nitrogens with zero attached hydrogens (tertiary/aromatic N) is 2. The zero-order valence-electron chi connectivity index (χ0n) is 21.4. The molecule has 0 bridgehead atoms. The average molecular weight is 561 g/mol. The van der Waals surface area contributed by atoms with Crippen LogP contribution in [-0.2, 0) is 22.5 Å². The van der Waals surface area contributed by atoms with Gasteiger partial charge in [0.2, 0.25) is 0 Å². The molecule has 9 nitrogen and oxygen atoms in total. The third-order valence-electron chi connectivity index (χ3n) is 6.42. The number of carbonyl (C=O) groups is 1. The van der Waals surface area contributed by atoms with Crippen LogP contribution in [0.5, 0.6) is 0 Å². The lowest BCUT2D eigenvalue weighted by atomic mass is 10.2. The first kappa shape index (κ1) is 29.8. The Kier molecular flexibility index (Phi) is 10.5. The van der Waals surface area contributed by atoms with E-state index in [4.69, 9.17) is 4.74 Å². The van der Waals surface area contributed by atoms with Crippen molar-refractivity contribution in [3.8, 4) is 0 Å². The Morgan fingerprint density at radius 1 is 1.00 bits per heavy atom. The van der Waals surface area contributed by atoms with Crippen molar-refractivity contribution < 1.29 is 23.9 Å². The Labute approximate surface area is 225 Å². The van der Waals surface area contributed by atoms with Gasteiger partial charge in [0.25, 0.3) is 11.5 Å². The Morgan fingerprint density at radius 3 is 2.18 bits per heavy atom. The molecule has 0 spiro atoms. The molecule has 1 atom stereocenters. The Hall–Kier alpha value is -2.75. The molecule has 0 saturated heterocycles. The summed E-state index contributed by atoms with van der Waals surface area (Å²) in [4.78, 5) is 58.8. The van der Waals surface area contributed by atoms with Gasteiger partial charge in [0.05, 0.1) is 13.2 Å². The predicted octanol–water partition coefficient (Wildman–Crippen LogP) is 3.96. The van der Waals surface area contributed by atoms with Gasteiger partial charge in [-0.15, -0.1) is 11.8 Å². The van der Waals surface area contributed by atoms with E-state index in [2.05, 4.69) is 0 Å². The lowest BCUT2D eigenvalue weighted by molar-refractivity contribution is 0.0869. The number of aromatic nitrogens is 2. The van der Waals surface area contributed by atoms with Gasteiger partial charge in [-0.3, -0.25) is 18.7 Å². The van der Waals surface area contributed by atoms with Crippen molar-refractivity contribution in [2.75, 3.05) is 12.4 Å². The van der Waals surface area contributed by atoms with Gasteiger partial charge in [-0.05, 0) is 30.5 Å². The zero-order valence-corrected chi connectivity index (χ0v) is 23.1. The smallest absolute Gasteiger partial charge is 0.341 e. The van der Waals surface area contributed by atoms with E-state index in [0.29, 0.717) is 16.9 Å². The molecule has 38 heavy (non-hydrogen) atoms. The minimum absolute atomic E-state index is 0.0909. The van der Waals surface area contributed by atoms with Gasteiger partial charge in [0, 0.05) is 36.0 Å². The second-order valence-electron chi connectivity index (χ2n) is 8.97. The molecule has 1 aromatic heterocycles. The van der Waals surface area contributed by atoms with Crippen LogP contribution in [0.25, 0.3) is 0 Å². The van der Waals surface area contributed by atoms with Crippen LogP contribution in [0, 0.1) is 5.92 Å². The molecule has 1 heterocycles. The first-order valence-corrected chi connectivity index (χ1v) is 14.9. The monoisotopic (exact) mass is 560 g/mol. The Balaban J connectivity index is 1.87. The van der Waals surface area contributed by atoms with E-state index in [1.54, 1.807) is 32.0 Å². The summed E-state index contributed by atoms with van der Waals surface area (Å²) in [7, 11) is -4.43. The van der Waals surface area contributed by atoms with E-state index in [1.807, 2.05) is 30.3 Å². The quantitative estimate of drug-likeness (QED) is 0.301. The summed E-state index contributed by atoms with van der Waals surface area (Å²) in [6, 6.07) is 18.8. The maximum Gasteiger partial charge on any atom is 0.341 e. The van der Waals surface area contributed by atoms with Crippen molar-refractivity contribution in [1.82, 2.24) is 9.13 Å². The number of hydrogen-bond acceptors (Lipinski definition) is 6. The molecular weight excluding hydrogens is 527 g/mol. The van der Waals surface area contributed by atoms with E-state index in [0.717, 1.165) is 11.6 Å². The minimum atomic E-state index is -4.43. The zero-order chi connectivity index (χ0) is 27.8. The van der Waals surface area contributed by atoms with Crippen LogP contribution in [0.2, 0.25) is 0 Å². The van der Waals surface area contributed by atoms with E-state index in [9.17, 15) is 28.7 Å². The number of thioether (sulfide) groups is 1. The summed E-state index contributed by atoms with van der Waals surface area (Å²) in [5, 5.41) is 0. The molecule has 0 aliphatic carbocycles. The highest BCUT2D eigenvalue weighted by atomic mass is 32.2. The van der Waals surface area contributed by atoms with Gasteiger partial charge >= 0.3 is 13.3 Å². The molecule has 2 N–H and O–H groups in total. The van der Waals surface area contributed by atoms with Gasteiger partial charge in [-0.25, -0.2) is 4.79 Å². The lowest BCUT2D eigenvalue weighted by Crippen LogP contribution is -2.44. The fourth-order valence-corrected chi connectivity index (χ4v) is 7.00. The molecule has 3 rings (SSSR count). The summed E-state index contributed by atoms with van der Waals surface area (Å²) >= 11 is 1.17. The molecule has 3 aromatic rings. The number of hydrogen-bond donors (Lipinski definition) is 2. The molecule has 0 radical (unpaired) electrons. The molecule has 0 aliphatic rings. The minimum Gasteiger partial charge on any atom is -0.376 e. The van der Waals surface area contributed by atoms with E-state index in [1.165, 1.54) is 34.7 Å². The standard InChI is InChI=1S/C27H33N2O7PS/c1-3-27(4-2,37(33,34)35)38-20-22(19-36-18-21-11-7-5-8-12-21)17-28-16-15-24(30)29(26(28)32)25(31)23-13-9-6-10-14-23/h5-16,22H,3-4,17-20H2,1-2H3,(H2,33,34,35). The summed E-state index contributed by atoms with van der Waals surface area (Å²) in [6.45, 7) is 4.10. The fourth-order valence-electron chi connectivity index (χ4n) is 4.12. The Bertz CT molecular complexity index is 1370. The molecule has 0 aliphatic heterocycles. The van der Waals surface area contributed by atoms with E-state index < -0.39 is 29.2 Å². The SMILES string of the molecule is CCC(CC)(SCC(COCc1ccccc1)Cn1ccc(=O)n(C(=O)c2ccccc2)c1=O)P(=O)(O)O. The van der Waals surface area contributed by atoms with Crippen molar-refractivity contribution in [1.29, 1.82) is 0 Å². The molecule has 204 valence electrons. The molecule has 0 fully saturated rings. The highest BCUT2D eigenvalue weighted by Crippen LogP contribution is 2.61. The normalized spacial score (nSPS) is 12.8. The highest BCUT2D eigenvalue weighted by molar-refractivity contribution is 8.06. The topological polar surface area (TPSA) is 128 Å². The first-order valence-electron chi connectivity index (χ1n) is 12.4. The summed E-state index contributed by atoms with van der Waals surface area (Å²) in [5.74, 6) is -0.776.